The molecule has 9 atom stereocenters. The summed E-state index contributed by atoms with van der Waals surface area (Å²) in [5.41, 5.74) is 0.990. The Labute approximate surface area is 217 Å². The third-order valence-electron chi connectivity index (χ3n) is 9.42. The van der Waals surface area contributed by atoms with Crippen LogP contribution in [0.1, 0.15) is 54.9 Å². The Hall–Kier alpha value is -1.54. The fourth-order valence-corrected chi connectivity index (χ4v) is 7.87. The molecule has 0 amide bonds. The first kappa shape index (κ1) is 27.5. The van der Waals surface area contributed by atoms with Crippen molar-refractivity contribution in [3.8, 4) is 0 Å². The molecule has 0 saturated carbocycles. The molecule has 1 saturated heterocycles. The topological polar surface area (TPSA) is 71.1 Å². The molecule has 36 heavy (non-hydrogen) atoms. The van der Waals surface area contributed by atoms with Gasteiger partial charge in [0.1, 0.15) is 11.7 Å². The molecule has 0 aromatic rings. The number of Topliss-reactive ketones (excluding diaryl/α,β-unsaturated/α-hetero) is 1. The Morgan fingerprint density at radius 1 is 1.14 bits per heavy atom. The lowest BCUT2D eigenvalue weighted by atomic mass is 9.60. The molecule has 0 unspecified atom stereocenters. The summed E-state index contributed by atoms with van der Waals surface area (Å²) in [7, 11) is -0.561. The van der Waals surface area contributed by atoms with Crippen LogP contribution in [0.4, 0.5) is 0 Å². The van der Waals surface area contributed by atoms with Crippen molar-refractivity contribution in [2.45, 2.75) is 103 Å². The van der Waals surface area contributed by atoms with Crippen molar-refractivity contribution in [2.75, 3.05) is 7.11 Å². The third-order valence-corrected chi connectivity index (χ3v) is 14.0. The van der Waals surface area contributed by atoms with Gasteiger partial charge >= 0.3 is 5.97 Å². The summed E-state index contributed by atoms with van der Waals surface area (Å²) in [6, 6.07) is 0. The van der Waals surface area contributed by atoms with E-state index in [1.54, 1.807) is 7.11 Å². The first-order valence-electron chi connectivity index (χ1n) is 13.3. The van der Waals surface area contributed by atoms with E-state index in [1.165, 1.54) is 0 Å². The lowest BCUT2D eigenvalue weighted by Gasteiger charge is -2.45. The minimum absolute atomic E-state index is 0.0173. The van der Waals surface area contributed by atoms with Gasteiger partial charge in [-0.3, -0.25) is 4.79 Å². The molecule has 0 aromatic heterocycles. The predicted octanol–water partition coefficient (Wildman–Crippen LogP) is 5.39. The van der Waals surface area contributed by atoms with Crippen LogP contribution in [0.3, 0.4) is 0 Å². The summed E-state index contributed by atoms with van der Waals surface area (Å²) in [4.78, 5) is 27.0. The maximum atomic E-state index is 13.5. The summed E-state index contributed by atoms with van der Waals surface area (Å²) in [5.74, 6) is -0.840. The fraction of sp³-hybridized carbons (Fsp3) is 0.724. The minimum atomic E-state index is -2.10. The zero-order valence-corrected chi connectivity index (χ0v) is 24.6. The van der Waals surface area contributed by atoms with Crippen LogP contribution in [-0.2, 0) is 28.2 Å². The van der Waals surface area contributed by atoms with E-state index < -0.39 is 26.1 Å². The van der Waals surface area contributed by atoms with Crippen molar-refractivity contribution in [3.63, 3.8) is 0 Å². The summed E-state index contributed by atoms with van der Waals surface area (Å²) < 4.78 is 25.3. The van der Waals surface area contributed by atoms with Gasteiger partial charge in [0.15, 0.2) is 20.2 Å². The van der Waals surface area contributed by atoms with E-state index in [4.69, 9.17) is 18.6 Å². The van der Waals surface area contributed by atoms with Crippen LogP contribution < -0.4 is 0 Å². The van der Waals surface area contributed by atoms with E-state index in [9.17, 15) is 9.59 Å². The fourth-order valence-electron chi connectivity index (χ4n) is 6.46. The second-order valence-electron chi connectivity index (χ2n) is 12.8. The molecule has 2 aliphatic carbocycles. The van der Waals surface area contributed by atoms with Crippen molar-refractivity contribution >= 4 is 20.1 Å². The van der Waals surface area contributed by atoms with Gasteiger partial charge in [0.25, 0.3) is 0 Å². The minimum Gasteiger partial charge on any atom is -0.457 e. The maximum absolute atomic E-state index is 13.5. The molecule has 0 radical (unpaired) electrons. The van der Waals surface area contributed by atoms with E-state index in [0.717, 1.165) is 11.1 Å². The van der Waals surface area contributed by atoms with Crippen molar-refractivity contribution in [1.29, 1.82) is 0 Å². The van der Waals surface area contributed by atoms with Crippen LogP contribution >= 0.6 is 0 Å². The molecule has 1 fully saturated rings. The highest BCUT2D eigenvalue weighted by Crippen LogP contribution is 2.58. The number of hydrogen-bond acceptors (Lipinski definition) is 6. The number of allylic oxidation sites excluding steroid dienone is 1. The van der Waals surface area contributed by atoms with E-state index in [-0.39, 0.29) is 52.7 Å². The standard InChI is InChI=1S/C29H44O6Si/c1-16-14-22-21-12-11-20-15-23(32-8)27(31)33-26(19(4)35-36(9,10)28(5,6)7)17(2)13-18(3)29(20,34-22)24(21)25(16)30/h11-14,17,19-24,26H,15H2,1-10H3/b18-13-/t17-,19-,20-,21+,22+,23+,24+,26+,29+/m1/s1. The van der Waals surface area contributed by atoms with E-state index >= 15 is 0 Å². The number of esters is 1. The van der Waals surface area contributed by atoms with Crippen LogP contribution in [0.2, 0.25) is 18.1 Å². The van der Waals surface area contributed by atoms with Crippen LogP contribution in [-0.4, -0.2) is 57.2 Å². The van der Waals surface area contributed by atoms with Gasteiger partial charge in [0.05, 0.1) is 18.1 Å². The summed E-state index contributed by atoms with van der Waals surface area (Å²) in [5, 5.41) is 0.0291. The second-order valence-corrected chi connectivity index (χ2v) is 17.5. The molecule has 2 aliphatic heterocycles. The van der Waals surface area contributed by atoms with E-state index in [0.29, 0.717) is 6.42 Å². The summed E-state index contributed by atoms with van der Waals surface area (Å²) >= 11 is 0. The number of cyclic esters (lactones) is 1. The molecule has 7 heteroatoms. The molecular weight excluding hydrogens is 472 g/mol. The Morgan fingerprint density at radius 2 is 1.81 bits per heavy atom. The monoisotopic (exact) mass is 516 g/mol. The van der Waals surface area contributed by atoms with Crippen LogP contribution in [0.15, 0.2) is 35.5 Å². The van der Waals surface area contributed by atoms with Gasteiger partial charge in [-0.05, 0) is 62.5 Å². The molecular formula is C29H44O6Si. The molecule has 4 bridgehead atoms. The highest BCUT2D eigenvalue weighted by molar-refractivity contribution is 6.74. The Kier molecular flexibility index (Phi) is 7.13. The van der Waals surface area contributed by atoms with Gasteiger partial charge in [-0.25, -0.2) is 4.79 Å². The first-order chi connectivity index (χ1) is 16.6. The van der Waals surface area contributed by atoms with Gasteiger partial charge in [-0.1, -0.05) is 45.9 Å². The molecule has 2 heterocycles. The predicted molar refractivity (Wildman–Crippen MR) is 142 cm³/mol. The highest BCUT2D eigenvalue weighted by atomic mass is 28.4. The lowest BCUT2D eigenvalue weighted by molar-refractivity contribution is -0.171. The highest BCUT2D eigenvalue weighted by Gasteiger charge is 2.64. The van der Waals surface area contributed by atoms with Crippen LogP contribution in [0.25, 0.3) is 0 Å². The molecule has 4 aliphatic rings. The Morgan fingerprint density at radius 3 is 2.42 bits per heavy atom. The van der Waals surface area contributed by atoms with E-state index in [1.807, 2.05) is 19.9 Å². The van der Waals surface area contributed by atoms with Gasteiger partial charge < -0.3 is 18.6 Å². The number of hydrogen-bond donors (Lipinski definition) is 0. The molecule has 0 N–H and O–H groups in total. The number of ketones is 1. The number of methoxy groups -OCH3 is 1. The van der Waals surface area contributed by atoms with Gasteiger partial charge in [0.2, 0.25) is 0 Å². The number of ether oxygens (including phenoxy) is 3. The number of rotatable bonds is 4. The Bertz CT molecular complexity index is 1000. The van der Waals surface area contributed by atoms with Gasteiger partial charge in [0, 0.05) is 24.9 Å². The molecule has 200 valence electrons. The lowest BCUT2D eigenvalue weighted by Crippen LogP contribution is -2.53. The average molecular weight is 517 g/mol. The first-order valence-corrected chi connectivity index (χ1v) is 16.2. The summed E-state index contributed by atoms with van der Waals surface area (Å²) in [6.07, 6.45) is 7.08. The van der Waals surface area contributed by atoms with Crippen molar-refractivity contribution in [1.82, 2.24) is 0 Å². The SMILES string of the molecule is CO[C@H]1C[C@H]2C=C[C@H]3[C@@H]4C=C(C)C(=O)[C@H]3[C@]2(O4)/C(C)=C\[C@@H](C)[C@@H]([C@@H](C)O[Si](C)(C)C(C)(C)C)OC1=O. The van der Waals surface area contributed by atoms with Crippen molar-refractivity contribution in [3.05, 3.63) is 35.5 Å². The normalized spacial score (nSPS) is 41.1. The van der Waals surface area contributed by atoms with Crippen LogP contribution in [0.5, 0.6) is 0 Å². The number of carbonyl (C=O) groups is 2. The molecule has 1 spiro atoms. The second kappa shape index (κ2) is 9.33. The zero-order valence-electron chi connectivity index (χ0n) is 23.6. The third kappa shape index (κ3) is 4.30. The van der Waals surface area contributed by atoms with Crippen molar-refractivity contribution < 1.29 is 28.2 Å². The molecule has 0 aromatic carbocycles. The Balaban J connectivity index is 1.77. The zero-order chi connectivity index (χ0) is 26.8. The van der Waals surface area contributed by atoms with E-state index in [2.05, 4.69) is 65.9 Å². The van der Waals surface area contributed by atoms with Crippen molar-refractivity contribution in [2.24, 2.45) is 23.7 Å². The van der Waals surface area contributed by atoms with Crippen LogP contribution in [0, 0.1) is 23.7 Å². The van der Waals surface area contributed by atoms with Gasteiger partial charge in [-0.15, -0.1) is 0 Å². The smallest absolute Gasteiger partial charge is 0.335 e. The van der Waals surface area contributed by atoms with Gasteiger partial charge in [-0.2, -0.15) is 0 Å². The maximum Gasteiger partial charge on any atom is 0.335 e. The largest absolute Gasteiger partial charge is 0.457 e. The molecule has 6 nitrogen and oxygen atoms in total. The molecule has 4 rings (SSSR count). The quantitative estimate of drug-likeness (QED) is 0.283. The summed E-state index contributed by atoms with van der Waals surface area (Å²) in [6.45, 7) is 19.0. The number of carbonyl (C=O) groups excluding carboxylic acids is 2. The average Bonchev–Trinajstić information content (AvgIpc) is 2.92.